The minimum Gasteiger partial charge on any atom is -0.314 e. The highest BCUT2D eigenvalue weighted by Gasteiger charge is 2.37. The molecule has 5 unspecified atom stereocenters. The van der Waals surface area contributed by atoms with Gasteiger partial charge in [0.05, 0.1) is 0 Å². The molecule has 0 radical (unpaired) electrons. The van der Waals surface area contributed by atoms with Gasteiger partial charge in [0.1, 0.15) is 0 Å². The van der Waals surface area contributed by atoms with Crippen molar-refractivity contribution in [3.8, 4) is 0 Å². The van der Waals surface area contributed by atoms with Crippen molar-refractivity contribution in [3.63, 3.8) is 0 Å². The van der Waals surface area contributed by atoms with Crippen molar-refractivity contribution in [1.29, 1.82) is 0 Å². The van der Waals surface area contributed by atoms with Gasteiger partial charge in [-0.05, 0) is 55.9 Å². The molecule has 18 heavy (non-hydrogen) atoms. The van der Waals surface area contributed by atoms with E-state index in [1.54, 1.807) is 12.8 Å². The van der Waals surface area contributed by atoms with Gasteiger partial charge in [0.15, 0.2) is 0 Å². The van der Waals surface area contributed by atoms with E-state index in [4.69, 9.17) is 0 Å². The first-order chi connectivity index (χ1) is 8.88. The fourth-order valence-electron chi connectivity index (χ4n) is 5.29. The van der Waals surface area contributed by atoms with E-state index in [2.05, 4.69) is 12.2 Å². The summed E-state index contributed by atoms with van der Waals surface area (Å²) in [6.45, 7) is 3.71. The minimum atomic E-state index is 0.888. The van der Waals surface area contributed by atoms with Crippen LogP contribution in [0.1, 0.15) is 71.1 Å². The maximum atomic E-state index is 3.80. The van der Waals surface area contributed by atoms with Crippen molar-refractivity contribution >= 4 is 0 Å². The molecule has 2 aliphatic carbocycles. The van der Waals surface area contributed by atoms with Gasteiger partial charge in [0, 0.05) is 6.04 Å². The van der Waals surface area contributed by atoms with Gasteiger partial charge in [0.2, 0.25) is 0 Å². The van der Waals surface area contributed by atoms with Gasteiger partial charge in [-0.15, -0.1) is 0 Å². The van der Waals surface area contributed by atoms with E-state index in [9.17, 15) is 0 Å². The predicted molar refractivity (Wildman–Crippen MR) is 77.6 cm³/mol. The summed E-state index contributed by atoms with van der Waals surface area (Å²) in [7, 11) is 0. The SMILES string of the molecule is CCC1CCCC1CC1CCNC2CCCCC12. The first-order valence-corrected chi connectivity index (χ1v) is 8.62. The Balaban J connectivity index is 1.60. The third kappa shape index (κ3) is 2.61. The van der Waals surface area contributed by atoms with Crippen LogP contribution in [0.15, 0.2) is 0 Å². The van der Waals surface area contributed by atoms with Crippen molar-refractivity contribution in [3.05, 3.63) is 0 Å². The van der Waals surface area contributed by atoms with Crippen LogP contribution >= 0.6 is 0 Å². The van der Waals surface area contributed by atoms with Gasteiger partial charge in [-0.3, -0.25) is 0 Å². The lowest BCUT2D eigenvalue weighted by Crippen LogP contribution is -2.48. The fourth-order valence-corrected chi connectivity index (χ4v) is 5.29. The van der Waals surface area contributed by atoms with E-state index in [0.29, 0.717) is 0 Å². The monoisotopic (exact) mass is 249 g/mol. The smallest absolute Gasteiger partial charge is 0.00979 e. The Morgan fingerprint density at radius 2 is 1.67 bits per heavy atom. The molecule has 0 aromatic rings. The first kappa shape index (κ1) is 13.0. The van der Waals surface area contributed by atoms with Crippen LogP contribution in [-0.4, -0.2) is 12.6 Å². The zero-order chi connectivity index (χ0) is 12.4. The van der Waals surface area contributed by atoms with Gasteiger partial charge in [-0.1, -0.05) is 45.4 Å². The molecule has 0 spiro atoms. The average Bonchev–Trinajstić information content (AvgIpc) is 2.86. The topological polar surface area (TPSA) is 12.0 Å². The van der Waals surface area contributed by atoms with Gasteiger partial charge in [0.25, 0.3) is 0 Å². The fraction of sp³-hybridized carbons (Fsp3) is 1.00. The highest BCUT2D eigenvalue weighted by molar-refractivity contribution is 4.91. The summed E-state index contributed by atoms with van der Waals surface area (Å²) in [5.74, 6) is 4.25. The molecule has 104 valence electrons. The summed E-state index contributed by atoms with van der Waals surface area (Å²) in [5, 5.41) is 3.80. The molecular formula is C17H31N. The summed E-state index contributed by atoms with van der Waals surface area (Å²) in [5.41, 5.74) is 0. The van der Waals surface area contributed by atoms with Crippen LogP contribution in [0.2, 0.25) is 0 Å². The number of nitrogens with one attached hydrogen (secondary N) is 1. The largest absolute Gasteiger partial charge is 0.314 e. The van der Waals surface area contributed by atoms with Gasteiger partial charge in [-0.25, -0.2) is 0 Å². The normalized spacial score (nSPS) is 44.8. The van der Waals surface area contributed by atoms with E-state index in [-0.39, 0.29) is 0 Å². The summed E-state index contributed by atoms with van der Waals surface area (Å²) >= 11 is 0. The Bertz CT molecular complexity index is 260. The molecule has 0 bridgehead atoms. The minimum absolute atomic E-state index is 0.888. The lowest BCUT2D eigenvalue weighted by atomic mass is 9.69. The Hall–Kier alpha value is -0.0400. The second-order valence-corrected chi connectivity index (χ2v) is 7.15. The van der Waals surface area contributed by atoms with E-state index < -0.39 is 0 Å². The highest BCUT2D eigenvalue weighted by atomic mass is 14.9. The van der Waals surface area contributed by atoms with E-state index in [1.807, 2.05) is 0 Å². The van der Waals surface area contributed by atoms with E-state index in [0.717, 1.165) is 29.7 Å². The zero-order valence-corrected chi connectivity index (χ0v) is 12.2. The molecule has 3 rings (SSSR count). The molecular weight excluding hydrogens is 218 g/mol. The summed E-state index contributed by atoms with van der Waals surface area (Å²) in [6.07, 6.45) is 15.0. The van der Waals surface area contributed by atoms with Gasteiger partial charge in [-0.2, -0.15) is 0 Å². The van der Waals surface area contributed by atoms with Crippen LogP contribution in [0.3, 0.4) is 0 Å². The molecule has 5 atom stereocenters. The maximum absolute atomic E-state index is 3.80. The van der Waals surface area contributed by atoms with Crippen LogP contribution in [0.25, 0.3) is 0 Å². The lowest BCUT2D eigenvalue weighted by Gasteiger charge is -2.43. The molecule has 3 fully saturated rings. The summed E-state index contributed by atoms with van der Waals surface area (Å²) < 4.78 is 0. The second kappa shape index (κ2) is 5.94. The van der Waals surface area contributed by atoms with Crippen molar-refractivity contribution in [2.24, 2.45) is 23.7 Å². The first-order valence-electron chi connectivity index (χ1n) is 8.62. The van der Waals surface area contributed by atoms with Crippen LogP contribution < -0.4 is 5.32 Å². The zero-order valence-electron chi connectivity index (χ0n) is 12.2. The highest BCUT2D eigenvalue weighted by Crippen LogP contribution is 2.43. The molecule has 1 heteroatoms. The maximum Gasteiger partial charge on any atom is 0.00979 e. The van der Waals surface area contributed by atoms with E-state index >= 15 is 0 Å². The van der Waals surface area contributed by atoms with Gasteiger partial charge >= 0.3 is 0 Å². The second-order valence-electron chi connectivity index (χ2n) is 7.15. The number of fused-ring (bicyclic) bond motifs is 1. The van der Waals surface area contributed by atoms with Crippen LogP contribution in [0.4, 0.5) is 0 Å². The lowest BCUT2D eigenvalue weighted by molar-refractivity contribution is 0.110. The number of hydrogen-bond donors (Lipinski definition) is 1. The van der Waals surface area contributed by atoms with Crippen molar-refractivity contribution in [1.82, 2.24) is 5.32 Å². The quantitative estimate of drug-likeness (QED) is 0.783. The Morgan fingerprint density at radius 1 is 0.833 bits per heavy atom. The Kier molecular flexibility index (Phi) is 4.28. The average molecular weight is 249 g/mol. The molecule has 0 amide bonds. The van der Waals surface area contributed by atoms with E-state index in [1.165, 1.54) is 57.9 Å². The molecule has 1 aliphatic heterocycles. The Morgan fingerprint density at radius 3 is 2.56 bits per heavy atom. The molecule has 0 aromatic heterocycles. The third-order valence-electron chi connectivity index (χ3n) is 6.29. The van der Waals surface area contributed by atoms with Gasteiger partial charge < -0.3 is 5.32 Å². The van der Waals surface area contributed by atoms with Crippen LogP contribution in [0, 0.1) is 23.7 Å². The molecule has 1 saturated heterocycles. The van der Waals surface area contributed by atoms with Crippen molar-refractivity contribution in [2.75, 3.05) is 6.54 Å². The number of hydrogen-bond acceptors (Lipinski definition) is 1. The van der Waals surface area contributed by atoms with Crippen LogP contribution in [-0.2, 0) is 0 Å². The van der Waals surface area contributed by atoms with Crippen molar-refractivity contribution in [2.45, 2.75) is 77.2 Å². The number of piperidine rings is 1. The standard InChI is InChI=1S/C17H31N/c1-2-13-6-5-7-14(13)12-15-10-11-18-17-9-4-3-8-16(15)17/h13-18H,2-12H2,1H3. The van der Waals surface area contributed by atoms with Crippen LogP contribution in [0.5, 0.6) is 0 Å². The van der Waals surface area contributed by atoms with Crippen molar-refractivity contribution < 1.29 is 0 Å². The summed E-state index contributed by atoms with van der Waals surface area (Å²) in [6, 6.07) is 0.888. The number of rotatable bonds is 3. The molecule has 1 heterocycles. The predicted octanol–water partition coefficient (Wildman–Crippen LogP) is 4.37. The molecule has 2 saturated carbocycles. The molecule has 1 nitrogen and oxygen atoms in total. The molecule has 1 N–H and O–H groups in total. The summed E-state index contributed by atoms with van der Waals surface area (Å²) in [4.78, 5) is 0. The molecule has 0 aromatic carbocycles. The molecule has 3 aliphatic rings. The Labute approximate surface area is 113 Å². The third-order valence-corrected chi connectivity index (χ3v) is 6.29.